The second-order valence-corrected chi connectivity index (χ2v) is 8.60. The lowest BCUT2D eigenvalue weighted by Gasteiger charge is -2.17. The van der Waals surface area contributed by atoms with Gasteiger partial charge in [-0.2, -0.15) is 0 Å². The number of hydrogen-bond donors (Lipinski definition) is 1. The number of hydrogen-bond acceptors (Lipinski definition) is 4. The molecule has 2 aliphatic rings. The topological polar surface area (TPSA) is 49.4 Å². The Balaban J connectivity index is 1.65. The normalized spacial score (nSPS) is 20.6. The van der Waals surface area contributed by atoms with Crippen molar-refractivity contribution in [3.63, 3.8) is 0 Å². The first kappa shape index (κ1) is 17.6. The second kappa shape index (κ2) is 7.37. The van der Waals surface area contributed by atoms with E-state index in [-0.39, 0.29) is 24.4 Å². The maximum absolute atomic E-state index is 12.5. The van der Waals surface area contributed by atoms with Crippen LogP contribution in [0.25, 0.3) is 6.08 Å². The van der Waals surface area contributed by atoms with Crippen LogP contribution in [0.15, 0.2) is 33.6 Å². The number of carbonyl (C=O) groups excluding carboxylic acids is 2. The fraction of sp³-hybridized carbons (Fsp3) is 0.353. The molecule has 1 aliphatic heterocycles. The Morgan fingerprint density at radius 2 is 2.12 bits per heavy atom. The number of thioether (sulfide) groups is 1. The highest BCUT2D eigenvalue weighted by Gasteiger charge is 2.34. The van der Waals surface area contributed by atoms with Crippen LogP contribution < -0.4 is 5.32 Å². The number of thiocarbonyl (C=S) groups is 1. The van der Waals surface area contributed by atoms with Gasteiger partial charge in [0.15, 0.2) is 0 Å². The van der Waals surface area contributed by atoms with Crippen LogP contribution in [0.5, 0.6) is 0 Å². The maximum atomic E-state index is 12.5. The van der Waals surface area contributed by atoms with E-state index in [1.54, 1.807) is 6.08 Å². The molecule has 24 heavy (non-hydrogen) atoms. The third kappa shape index (κ3) is 4.26. The summed E-state index contributed by atoms with van der Waals surface area (Å²) in [6.45, 7) is 1.99. The van der Waals surface area contributed by atoms with Crippen LogP contribution in [0.4, 0.5) is 0 Å². The van der Waals surface area contributed by atoms with Gasteiger partial charge in [0, 0.05) is 10.5 Å². The Kier molecular flexibility index (Phi) is 5.42. The lowest BCUT2D eigenvalue weighted by Crippen LogP contribution is -2.43. The van der Waals surface area contributed by atoms with Crippen molar-refractivity contribution in [2.24, 2.45) is 5.92 Å². The third-order valence-corrected chi connectivity index (χ3v) is 5.97. The third-order valence-electron chi connectivity index (χ3n) is 4.06. The minimum absolute atomic E-state index is 0.0145. The van der Waals surface area contributed by atoms with Gasteiger partial charge in [0.05, 0.1) is 4.91 Å². The van der Waals surface area contributed by atoms with Crippen LogP contribution in [0.2, 0.25) is 0 Å². The average Bonchev–Trinajstić information content (AvgIpc) is 3.34. The van der Waals surface area contributed by atoms with Gasteiger partial charge < -0.3 is 5.32 Å². The van der Waals surface area contributed by atoms with E-state index in [4.69, 9.17) is 12.2 Å². The lowest BCUT2D eigenvalue weighted by molar-refractivity contribution is -0.129. The summed E-state index contributed by atoms with van der Waals surface area (Å²) < 4.78 is 1.41. The van der Waals surface area contributed by atoms with Crippen molar-refractivity contribution in [1.82, 2.24) is 10.2 Å². The highest BCUT2D eigenvalue weighted by Crippen LogP contribution is 2.33. The molecular formula is C17H17BrN2O2S2. The molecule has 1 saturated carbocycles. The van der Waals surface area contributed by atoms with E-state index in [0.717, 1.165) is 10.0 Å². The van der Waals surface area contributed by atoms with Crippen molar-refractivity contribution < 1.29 is 9.59 Å². The van der Waals surface area contributed by atoms with Gasteiger partial charge in [-0.25, -0.2) is 0 Å². The molecule has 0 spiro atoms. The second-order valence-electron chi connectivity index (χ2n) is 6.01. The molecule has 1 atom stereocenters. The Morgan fingerprint density at radius 1 is 1.46 bits per heavy atom. The summed E-state index contributed by atoms with van der Waals surface area (Å²) in [6, 6.07) is 7.83. The van der Waals surface area contributed by atoms with E-state index in [0.29, 0.717) is 15.1 Å². The number of rotatable bonds is 5. The van der Waals surface area contributed by atoms with Gasteiger partial charge in [-0.15, -0.1) is 0 Å². The van der Waals surface area contributed by atoms with Crippen molar-refractivity contribution in [1.29, 1.82) is 0 Å². The highest BCUT2D eigenvalue weighted by molar-refractivity contribution is 9.10. The average molecular weight is 425 g/mol. The smallest absolute Gasteiger partial charge is 0.266 e. The monoisotopic (exact) mass is 424 g/mol. The predicted molar refractivity (Wildman–Crippen MR) is 104 cm³/mol. The first-order chi connectivity index (χ1) is 11.4. The van der Waals surface area contributed by atoms with Gasteiger partial charge in [-0.3, -0.25) is 14.5 Å². The van der Waals surface area contributed by atoms with E-state index >= 15 is 0 Å². The molecule has 1 aliphatic carbocycles. The molecule has 1 aromatic carbocycles. The number of carbonyl (C=O) groups is 2. The van der Waals surface area contributed by atoms with Crippen molar-refractivity contribution in [2.45, 2.75) is 25.8 Å². The van der Waals surface area contributed by atoms with E-state index in [2.05, 4.69) is 21.2 Å². The largest absolute Gasteiger partial charge is 0.352 e. The molecule has 1 saturated heterocycles. The van der Waals surface area contributed by atoms with E-state index in [1.165, 1.54) is 29.5 Å². The minimum Gasteiger partial charge on any atom is -0.352 e. The fourth-order valence-electron chi connectivity index (χ4n) is 2.50. The molecule has 2 fully saturated rings. The first-order valence-corrected chi connectivity index (χ1v) is 9.76. The number of benzene rings is 1. The quantitative estimate of drug-likeness (QED) is 0.579. The zero-order chi connectivity index (χ0) is 17.3. The molecule has 1 N–H and O–H groups in total. The lowest BCUT2D eigenvalue weighted by atomic mass is 10.2. The number of nitrogens with zero attached hydrogens (tertiary/aromatic N) is 1. The summed E-state index contributed by atoms with van der Waals surface area (Å²) in [4.78, 5) is 26.6. The van der Waals surface area contributed by atoms with E-state index in [1.807, 2.05) is 31.2 Å². The Hall–Kier alpha value is -1.18. The van der Waals surface area contributed by atoms with E-state index < -0.39 is 0 Å². The molecule has 7 heteroatoms. The van der Waals surface area contributed by atoms with Gasteiger partial charge in [-0.05, 0) is 49.5 Å². The molecule has 1 unspecified atom stereocenters. The summed E-state index contributed by atoms with van der Waals surface area (Å²) in [7, 11) is 0. The van der Waals surface area contributed by atoms with Crippen molar-refractivity contribution >= 4 is 62.1 Å². The Labute approximate surface area is 159 Å². The molecule has 1 heterocycles. The summed E-state index contributed by atoms with van der Waals surface area (Å²) in [5.74, 6) is 0.218. The first-order valence-electron chi connectivity index (χ1n) is 7.74. The molecule has 126 valence electrons. The molecule has 0 aromatic heterocycles. The SMILES string of the molecule is CC(NC(=O)CN1C(=O)C(=Cc2ccc(Br)cc2)SC1=S)C1CC1. The van der Waals surface area contributed by atoms with Crippen LogP contribution in [0, 0.1) is 5.92 Å². The summed E-state index contributed by atoms with van der Waals surface area (Å²) in [5, 5.41) is 2.95. The van der Waals surface area contributed by atoms with Gasteiger partial charge in [0.2, 0.25) is 5.91 Å². The Morgan fingerprint density at radius 3 is 2.75 bits per heavy atom. The van der Waals surface area contributed by atoms with Crippen molar-refractivity contribution in [2.75, 3.05) is 6.54 Å². The maximum Gasteiger partial charge on any atom is 0.266 e. The Bertz CT molecular complexity index is 714. The van der Waals surface area contributed by atoms with Crippen LogP contribution in [0.1, 0.15) is 25.3 Å². The molecule has 0 radical (unpaired) electrons. The zero-order valence-electron chi connectivity index (χ0n) is 13.1. The molecule has 4 nitrogen and oxygen atoms in total. The van der Waals surface area contributed by atoms with Crippen LogP contribution in [0.3, 0.4) is 0 Å². The molecule has 0 bridgehead atoms. The van der Waals surface area contributed by atoms with Crippen LogP contribution in [-0.2, 0) is 9.59 Å². The molecule has 1 aromatic rings. The van der Waals surface area contributed by atoms with Crippen molar-refractivity contribution in [3.8, 4) is 0 Å². The predicted octanol–water partition coefficient (Wildman–Crippen LogP) is 3.57. The summed E-state index contributed by atoms with van der Waals surface area (Å²) in [6.07, 6.45) is 4.13. The molecule has 2 amide bonds. The highest BCUT2D eigenvalue weighted by atomic mass is 79.9. The molecule has 3 rings (SSSR count). The van der Waals surface area contributed by atoms with Crippen LogP contribution >= 0.6 is 39.9 Å². The van der Waals surface area contributed by atoms with Gasteiger partial charge >= 0.3 is 0 Å². The van der Waals surface area contributed by atoms with Gasteiger partial charge in [0.1, 0.15) is 10.9 Å². The van der Waals surface area contributed by atoms with Gasteiger partial charge in [-0.1, -0.05) is 52.0 Å². The van der Waals surface area contributed by atoms with Crippen molar-refractivity contribution in [3.05, 3.63) is 39.2 Å². The zero-order valence-corrected chi connectivity index (χ0v) is 16.3. The minimum atomic E-state index is -0.206. The fourth-order valence-corrected chi connectivity index (χ4v) is 4.02. The van der Waals surface area contributed by atoms with Gasteiger partial charge in [0.25, 0.3) is 5.91 Å². The standard InChI is InChI=1S/C17H17BrN2O2S2/c1-10(12-4-5-12)19-15(21)9-20-16(22)14(24-17(20)23)8-11-2-6-13(18)7-3-11/h2-3,6-8,10,12H,4-5,9H2,1H3,(H,19,21). The molecular weight excluding hydrogens is 408 g/mol. The number of halogens is 1. The van der Waals surface area contributed by atoms with E-state index in [9.17, 15) is 9.59 Å². The number of amides is 2. The summed E-state index contributed by atoms with van der Waals surface area (Å²) >= 11 is 9.89. The van der Waals surface area contributed by atoms with Crippen LogP contribution in [-0.4, -0.2) is 33.6 Å². The number of nitrogens with one attached hydrogen (secondary N) is 1. The summed E-state index contributed by atoms with van der Waals surface area (Å²) in [5.41, 5.74) is 0.922.